The minimum absolute atomic E-state index is 0.129. The molecule has 0 spiro atoms. The van der Waals surface area contributed by atoms with Gasteiger partial charge in [-0.3, -0.25) is 4.79 Å². The van der Waals surface area contributed by atoms with Crippen LogP contribution in [0.15, 0.2) is 47.3 Å². The van der Waals surface area contributed by atoms with Gasteiger partial charge in [0, 0.05) is 0 Å². The molecule has 0 aromatic heterocycles. The van der Waals surface area contributed by atoms with Gasteiger partial charge in [-0.25, -0.2) is 4.79 Å². The highest BCUT2D eigenvalue weighted by atomic mass is 16.5. The Morgan fingerprint density at radius 2 is 1.02 bits per heavy atom. The van der Waals surface area contributed by atoms with E-state index in [0.29, 0.717) is 30.3 Å². The van der Waals surface area contributed by atoms with Crippen molar-refractivity contribution < 1.29 is 19.0 Å². The highest BCUT2D eigenvalue weighted by Crippen LogP contribution is 2.30. The van der Waals surface area contributed by atoms with Crippen molar-refractivity contribution in [3.8, 4) is 23.3 Å². The Morgan fingerprint density at radius 3 is 1.53 bits per heavy atom. The van der Waals surface area contributed by atoms with Gasteiger partial charge in [0.25, 0.3) is 0 Å². The van der Waals surface area contributed by atoms with Crippen LogP contribution in [0.25, 0.3) is 0 Å². The summed E-state index contributed by atoms with van der Waals surface area (Å²) in [6.45, 7) is 5.64. The number of benzene rings is 1. The number of ether oxygens (including phenoxy) is 3. The molecule has 2 aromatic rings. The van der Waals surface area contributed by atoms with Gasteiger partial charge in [-0.2, -0.15) is 5.26 Å². The predicted octanol–water partition coefficient (Wildman–Crippen LogP) is 10.7. The van der Waals surface area contributed by atoms with Gasteiger partial charge < -0.3 is 14.2 Å². The Hall–Kier alpha value is -3.33. The predicted molar refractivity (Wildman–Crippen MR) is 184 cm³/mol. The largest absolute Gasteiger partial charge is 0.490 e. The Morgan fingerprint density at radius 1 is 0.578 bits per heavy atom. The van der Waals surface area contributed by atoms with Gasteiger partial charge in [-0.15, -0.1) is 0 Å². The Bertz CT molecular complexity index is 1190. The highest BCUT2D eigenvalue weighted by molar-refractivity contribution is 5.91. The first-order valence-electron chi connectivity index (χ1n) is 17.7. The summed E-state index contributed by atoms with van der Waals surface area (Å²) in [5.41, 5.74) is 0.102. The van der Waals surface area contributed by atoms with Gasteiger partial charge in [-0.05, 0) is 55.3 Å². The van der Waals surface area contributed by atoms with E-state index in [1.807, 2.05) is 6.07 Å². The molecule has 0 atom stereocenters. The maximum Gasteiger partial charge on any atom is 0.343 e. The fourth-order valence-electron chi connectivity index (χ4n) is 5.28. The topological polar surface area (TPSA) is 85.6 Å². The molecule has 0 aliphatic heterocycles. The number of hydrogen-bond donors (Lipinski definition) is 0. The first kappa shape index (κ1) is 37.9. The molecule has 0 saturated heterocycles. The number of nitriles is 1. The zero-order valence-corrected chi connectivity index (χ0v) is 28.1. The van der Waals surface area contributed by atoms with Crippen LogP contribution in [0.3, 0.4) is 0 Å². The van der Waals surface area contributed by atoms with Crippen LogP contribution in [-0.4, -0.2) is 19.2 Å². The lowest BCUT2D eigenvalue weighted by atomic mass is 10.1. The third-order valence-electron chi connectivity index (χ3n) is 8.09. The molecular weight excluding hydrogens is 562 g/mol. The maximum atomic E-state index is 13.0. The molecule has 0 saturated carbocycles. The first-order chi connectivity index (χ1) is 22.1. The van der Waals surface area contributed by atoms with Crippen LogP contribution in [0.2, 0.25) is 0 Å². The fourth-order valence-corrected chi connectivity index (χ4v) is 5.28. The van der Waals surface area contributed by atoms with Crippen molar-refractivity contribution in [1.29, 1.82) is 5.26 Å². The molecule has 2 rings (SSSR count). The molecule has 0 amide bonds. The van der Waals surface area contributed by atoms with Crippen molar-refractivity contribution in [2.24, 2.45) is 0 Å². The monoisotopic (exact) mass is 619 g/mol. The van der Waals surface area contributed by atoms with Crippen LogP contribution >= 0.6 is 0 Å². The number of rotatable bonds is 26. The molecule has 2 aromatic carbocycles. The van der Waals surface area contributed by atoms with Crippen molar-refractivity contribution in [3.63, 3.8) is 0 Å². The van der Waals surface area contributed by atoms with Crippen molar-refractivity contribution >= 4 is 5.97 Å². The number of hydrogen-bond acceptors (Lipinski definition) is 6. The summed E-state index contributed by atoms with van der Waals surface area (Å²) in [6, 6.07) is 12.4. The van der Waals surface area contributed by atoms with E-state index >= 15 is 0 Å². The maximum absolute atomic E-state index is 13.0. The van der Waals surface area contributed by atoms with Crippen LogP contribution in [-0.2, 0) is 0 Å². The standard InChI is InChI=1S/C39H57NO5/c1-3-5-7-9-11-13-15-17-19-21-29-43-37-28-25-34(39(42)45-36-27-24-33(32-40)23-26-35(36)41)31-38(37)44-30-22-20-18-16-14-12-10-8-6-4-2/h23-28,31H,3-22,29-30H2,1-2H3. The van der Waals surface area contributed by atoms with Crippen molar-refractivity contribution in [1.82, 2.24) is 0 Å². The van der Waals surface area contributed by atoms with E-state index < -0.39 is 11.4 Å². The second kappa shape index (κ2) is 24.9. The SMILES string of the molecule is CCCCCCCCCCCCOc1ccc(C(=O)Oc2ccc(C#N)ccc2=O)cc1OCCCCCCCCCCCC. The van der Waals surface area contributed by atoms with Gasteiger partial charge in [0.15, 0.2) is 17.2 Å². The Balaban J connectivity index is 1.89. The molecule has 248 valence electrons. The number of nitrogens with zero attached hydrogens (tertiary/aromatic N) is 1. The molecule has 0 radical (unpaired) electrons. The van der Waals surface area contributed by atoms with Gasteiger partial charge in [0.05, 0.1) is 30.4 Å². The van der Waals surface area contributed by atoms with Crippen LogP contribution in [0.4, 0.5) is 0 Å². The lowest BCUT2D eigenvalue weighted by Crippen LogP contribution is -2.13. The van der Waals surface area contributed by atoms with Crippen LogP contribution < -0.4 is 19.6 Å². The van der Waals surface area contributed by atoms with Gasteiger partial charge in [-0.1, -0.05) is 129 Å². The smallest absolute Gasteiger partial charge is 0.343 e. The zero-order chi connectivity index (χ0) is 32.4. The molecule has 0 N–H and O–H groups in total. The van der Waals surface area contributed by atoms with Gasteiger partial charge in [0.2, 0.25) is 5.43 Å². The van der Waals surface area contributed by atoms with Crippen molar-refractivity contribution in [2.75, 3.05) is 13.2 Å². The van der Waals surface area contributed by atoms with E-state index in [2.05, 4.69) is 13.8 Å². The summed E-state index contributed by atoms with van der Waals surface area (Å²) < 4.78 is 17.7. The van der Waals surface area contributed by atoms with Gasteiger partial charge in [0.1, 0.15) is 0 Å². The summed E-state index contributed by atoms with van der Waals surface area (Å²) in [4.78, 5) is 25.3. The molecule has 0 unspecified atom stereocenters. The molecule has 6 heteroatoms. The number of unbranched alkanes of at least 4 members (excludes halogenated alkanes) is 18. The Kier molecular flexibility index (Phi) is 21.0. The average Bonchev–Trinajstić information content (AvgIpc) is 3.23. The first-order valence-corrected chi connectivity index (χ1v) is 17.7. The molecule has 6 nitrogen and oxygen atoms in total. The molecule has 0 bridgehead atoms. The van der Waals surface area contributed by atoms with E-state index in [-0.39, 0.29) is 11.3 Å². The third-order valence-corrected chi connectivity index (χ3v) is 8.09. The van der Waals surface area contributed by atoms with Gasteiger partial charge >= 0.3 is 5.97 Å². The van der Waals surface area contributed by atoms with E-state index in [9.17, 15) is 9.59 Å². The lowest BCUT2D eigenvalue weighted by molar-refractivity contribution is 0.0732. The van der Waals surface area contributed by atoms with E-state index in [1.54, 1.807) is 18.2 Å². The molecule has 0 heterocycles. The molecule has 0 aliphatic rings. The summed E-state index contributed by atoms with van der Waals surface area (Å²) in [6.07, 6.45) is 25.1. The summed E-state index contributed by atoms with van der Waals surface area (Å²) in [5, 5.41) is 9.10. The minimum Gasteiger partial charge on any atom is -0.490 e. The average molecular weight is 620 g/mol. The molecule has 45 heavy (non-hydrogen) atoms. The van der Waals surface area contributed by atoms with E-state index in [1.165, 1.54) is 127 Å². The molecule has 0 aliphatic carbocycles. The highest BCUT2D eigenvalue weighted by Gasteiger charge is 2.15. The quantitative estimate of drug-likeness (QED) is 0.0769. The fraction of sp³-hybridized carbons (Fsp3) is 0.615. The number of carbonyl (C=O) groups is 1. The number of carbonyl (C=O) groups excluding carboxylic acids is 1. The summed E-state index contributed by atoms with van der Waals surface area (Å²) in [5.74, 6) is 0.335. The normalized spacial score (nSPS) is 10.8. The third kappa shape index (κ3) is 17.1. The van der Waals surface area contributed by atoms with E-state index in [4.69, 9.17) is 19.5 Å². The second-order valence-electron chi connectivity index (χ2n) is 12.1. The zero-order valence-electron chi connectivity index (χ0n) is 28.1. The van der Waals surface area contributed by atoms with E-state index in [0.717, 1.165) is 25.7 Å². The lowest BCUT2D eigenvalue weighted by Gasteiger charge is -2.14. The summed E-state index contributed by atoms with van der Waals surface area (Å²) in [7, 11) is 0. The Labute approximate surface area is 272 Å². The van der Waals surface area contributed by atoms with Crippen LogP contribution in [0.1, 0.15) is 158 Å². The molecule has 0 fully saturated rings. The van der Waals surface area contributed by atoms with Crippen LogP contribution in [0, 0.1) is 11.3 Å². The number of esters is 1. The van der Waals surface area contributed by atoms with Crippen molar-refractivity contribution in [2.45, 2.75) is 142 Å². The second-order valence-corrected chi connectivity index (χ2v) is 12.1. The van der Waals surface area contributed by atoms with Crippen LogP contribution in [0.5, 0.6) is 17.2 Å². The van der Waals surface area contributed by atoms with Crippen molar-refractivity contribution in [3.05, 3.63) is 63.8 Å². The summed E-state index contributed by atoms with van der Waals surface area (Å²) >= 11 is 0. The molecular formula is C39H57NO5. The minimum atomic E-state index is -0.665.